The zero-order chi connectivity index (χ0) is 0. The van der Waals surface area contributed by atoms with E-state index >= 15 is 0 Å². The molecule has 0 aliphatic heterocycles. The second-order valence-corrected chi connectivity index (χ2v) is 0. The largest absolute Gasteiger partial charge is 7.00 e. The van der Waals surface area contributed by atoms with Crippen molar-refractivity contribution in [1.29, 1.82) is 0 Å². The Morgan fingerprint density at radius 2 is 0.200 bits per heavy atom. The normalized spacial score (nSPS) is 0. The van der Waals surface area contributed by atoms with E-state index in [2.05, 4.69) is 0 Å². The van der Waals surface area contributed by atoms with Crippen LogP contribution in [0.25, 0.3) is 0 Å². The summed E-state index contributed by atoms with van der Waals surface area (Å²) in [5.74, 6) is 0. The molecule has 0 N–H and O–H groups in total. The van der Waals surface area contributed by atoms with Crippen LogP contribution < -0.4 is 0 Å². The van der Waals surface area contributed by atoms with Gasteiger partial charge in [0.05, 0.1) is 0 Å². The Morgan fingerprint density at radius 1 is 0.200 bits per heavy atom. The van der Waals surface area contributed by atoms with Gasteiger partial charge in [0.25, 0.3) is 0 Å². The molecule has 0 spiro atoms. The topological polar surface area (TPSA) is 314 Å². The van der Waals surface area contributed by atoms with E-state index in [1.807, 2.05) is 0 Å². The Hall–Kier alpha value is 2.16. The van der Waals surface area contributed by atoms with Crippen molar-refractivity contribution in [2.75, 3.05) is 0 Å². The summed E-state index contributed by atoms with van der Waals surface area (Å²) < 4.78 is 0. The van der Waals surface area contributed by atoms with Crippen LogP contribution in [-0.4, -0.2) is 0 Å². The first-order chi connectivity index (χ1) is 0. The zero-order valence-electron chi connectivity index (χ0n) is 5.91. The summed E-state index contributed by atoms with van der Waals surface area (Å²) in [7, 11) is 0. The fourth-order valence-corrected chi connectivity index (χ4v) is 0. The predicted molar refractivity (Wildman–Crippen MR) is 7.55 cm³/mol. The van der Waals surface area contributed by atoms with Crippen LogP contribution in [0.1, 0.15) is 0 Å². The van der Waals surface area contributed by atoms with Gasteiger partial charge in [-0.05, 0) is 0 Å². The third-order valence-electron chi connectivity index (χ3n) is 0. The molecule has 0 atom stereocenters. The molecule has 11 nitrogen and oxygen atoms in total. The van der Waals surface area contributed by atoms with Gasteiger partial charge in [0.2, 0.25) is 0 Å². The molecule has 2 radical (unpaired) electrons. The monoisotopic (exact) mass is 756 g/mol. The van der Waals surface area contributed by atoms with Crippen LogP contribution in [0.3, 0.4) is 0 Å². The van der Waals surface area contributed by atoms with Gasteiger partial charge >= 0.3 is 80.4 Å². The molecular formula is Ir2O11Tc2. The van der Waals surface area contributed by atoms with Crippen molar-refractivity contribution in [1.82, 2.24) is 0 Å². The Morgan fingerprint density at radius 3 is 0.200 bits per heavy atom. The Bertz CT molecular complexity index is 16.5. The molecule has 0 amide bonds. The third kappa shape index (κ3) is 696. The molecule has 0 rings (SSSR count). The molecule has 15 heavy (non-hydrogen) atoms. The summed E-state index contributed by atoms with van der Waals surface area (Å²) in [5.41, 5.74) is 0. The van der Waals surface area contributed by atoms with Crippen molar-refractivity contribution < 1.29 is 141 Å². The van der Waals surface area contributed by atoms with Crippen LogP contribution in [0.5, 0.6) is 0 Å². The standard InChI is InChI=1S/2Ir.11O.2Tc/q2*+4;11*-2;2*+7. The smallest absolute Gasteiger partial charge is 2.00 e. The Balaban J connectivity index is 0. The van der Waals surface area contributed by atoms with Crippen molar-refractivity contribution in [3.05, 3.63) is 0 Å². The van der Waals surface area contributed by atoms with E-state index in [0.29, 0.717) is 0 Å². The van der Waals surface area contributed by atoms with Gasteiger partial charge < -0.3 is 60.2 Å². The van der Waals surface area contributed by atoms with Gasteiger partial charge in [-0.1, -0.05) is 0 Å². The summed E-state index contributed by atoms with van der Waals surface area (Å²) >= 11 is 0. The minimum atomic E-state index is 0. The van der Waals surface area contributed by atoms with E-state index in [4.69, 9.17) is 0 Å². The van der Waals surface area contributed by atoms with Crippen molar-refractivity contribution in [3.8, 4) is 0 Å². The summed E-state index contributed by atoms with van der Waals surface area (Å²) in [6, 6.07) is 0. The first-order valence-electron chi connectivity index (χ1n) is 0. The van der Waals surface area contributed by atoms with E-state index in [1.165, 1.54) is 0 Å². The van der Waals surface area contributed by atoms with Crippen LogP contribution in [0.15, 0.2) is 0 Å². The summed E-state index contributed by atoms with van der Waals surface area (Å²) in [5, 5.41) is 0. The Labute approximate surface area is 140 Å². The second-order valence-electron chi connectivity index (χ2n) is 0. The quantitative estimate of drug-likeness (QED) is 0.278. The maximum Gasteiger partial charge on any atom is 7.00 e. The molecule has 0 aromatic heterocycles. The van der Waals surface area contributed by atoms with Gasteiger partial charge in [0.15, 0.2) is 0 Å². The van der Waals surface area contributed by atoms with E-state index in [-0.39, 0.29) is 141 Å². The molecule has 0 bridgehead atoms. The van der Waals surface area contributed by atoms with Crippen molar-refractivity contribution in [2.45, 2.75) is 0 Å². The predicted octanol–water partition coefficient (Wildman–Crippen LogP) is -1.32. The maximum absolute atomic E-state index is 0. The van der Waals surface area contributed by atoms with E-state index in [0.717, 1.165) is 0 Å². The molecule has 0 aromatic rings. The summed E-state index contributed by atoms with van der Waals surface area (Å²) in [6.45, 7) is 0. The van der Waals surface area contributed by atoms with Crippen LogP contribution in [-0.2, 0) is 141 Å². The molecule has 0 fully saturated rings. The molecule has 0 heterocycles. The van der Waals surface area contributed by atoms with Gasteiger partial charge in [0.1, 0.15) is 0 Å². The summed E-state index contributed by atoms with van der Waals surface area (Å²) in [4.78, 5) is 0. The SMILES string of the molecule is [Ir+4].[Ir+4].[O-2].[O-2].[O-2].[O-2].[O-2].[O-2].[O-2].[O-2].[O-2].[O-2].[O-2].[Tc+7].[Tc+7]. The molecule has 15 heteroatoms. The van der Waals surface area contributed by atoms with Crippen LogP contribution in [0, 0.1) is 0 Å². The average Bonchev–Trinajstić information content (AvgIpc) is 0. The first kappa shape index (κ1) is 962. The third-order valence-corrected chi connectivity index (χ3v) is 0. The van der Waals surface area contributed by atoms with Crippen molar-refractivity contribution in [3.63, 3.8) is 0 Å². The van der Waals surface area contributed by atoms with Gasteiger partial charge in [-0.2, -0.15) is 0 Å². The van der Waals surface area contributed by atoms with E-state index < -0.39 is 0 Å². The average molecular weight is 756 g/mol. The molecule has 0 aliphatic carbocycles. The number of rotatable bonds is 0. The molecule has 0 aromatic carbocycles. The first-order valence-corrected chi connectivity index (χ1v) is 0. The molecule has 0 aliphatic rings. The van der Waals surface area contributed by atoms with E-state index in [1.54, 1.807) is 0 Å². The molecule has 0 unspecified atom stereocenters. The van der Waals surface area contributed by atoms with Crippen LogP contribution in [0.4, 0.5) is 0 Å². The van der Waals surface area contributed by atoms with Gasteiger partial charge in [-0.15, -0.1) is 0 Å². The Kier molecular flexibility index (Phi) is 51200. The molecular weight excluding hydrogens is 756 g/mol. The molecule has 0 saturated carbocycles. The zero-order valence-corrected chi connectivity index (χ0v) is 14.4. The molecule has 98 valence electrons. The van der Waals surface area contributed by atoms with Gasteiger partial charge in [-0.25, -0.2) is 0 Å². The summed E-state index contributed by atoms with van der Waals surface area (Å²) in [6.07, 6.45) is 0. The fourth-order valence-electron chi connectivity index (χ4n) is 0. The second kappa shape index (κ2) is 798. The molecule has 0 saturated heterocycles. The van der Waals surface area contributed by atoms with Crippen LogP contribution in [0.2, 0.25) is 0 Å². The minimum Gasteiger partial charge on any atom is -2.00 e. The number of hydrogen-bond acceptors (Lipinski definition) is 0. The van der Waals surface area contributed by atoms with Crippen LogP contribution >= 0.6 is 0 Å². The fraction of sp³-hybridized carbons (Fsp3) is 0. The minimum absolute atomic E-state index is 0. The van der Waals surface area contributed by atoms with Gasteiger partial charge in [0, 0.05) is 0 Å². The van der Waals surface area contributed by atoms with Gasteiger partial charge in [-0.3, -0.25) is 0 Å². The number of hydrogen-bond donors (Lipinski definition) is 0. The van der Waals surface area contributed by atoms with E-state index in [9.17, 15) is 0 Å². The maximum atomic E-state index is 0. The van der Waals surface area contributed by atoms with Crippen molar-refractivity contribution in [2.24, 2.45) is 0 Å². The van der Waals surface area contributed by atoms with Crippen molar-refractivity contribution >= 4 is 0 Å².